The van der Waals surface area contributed by atoms with Crippen LogP contribution in [-0.4, -0.2) is 28.6 Å². The first-order valence-corrected chi connectivity index (χ1v) is 6.01. The molecule has 1 unspecified atom stereocenters. The Labute approximate surface area is 112 Å². The van der Waals surface area contributed by atoms with Crippen LogP contribution in [0.4, 0.5) is 0 Å². The van der Waals surface area contributed by atoms with Crippen LogP contribution >= 0.6 is 0 Å². The van der Waals surface area contributed by atoms with Gasteiger partial charge in [0.05, 0.1) is 36.9 Å². The summed E-state index contributed by atoms with van der Waals surface area (Å²) in [4.78, 5) is 20.0. The molecule has 0 aliphatic rings. The third-order valence-electron chi connectivity index (χ3n) is 2.39. The molecule has 0 saturated carbocycles. The van der Waals surface area contributed by atoms with Crippen LogP contribution in [-0.2, 0) is 14.9 Å². The molecule has 1 heterocycles. The summed E-state index contributed by atoms with van der Waals surface area (Å²) in [5.41, 5.74) is -1.27. The molecule has 1 aromatic rings. The van der Waals surface area contributed by atoms with Crippen LogP contribution in [0.15, 0.2) is 12.4 Å². The molecule has 0 radical (unpaired) electrons. The lowest BCUT2D eigenvalue weighted by molar-refractivity contribution is -0.147. The van der Waals surface area contributed by atoms with Crippen LogP contribution in [0.3, 0.4) is 0 Å². The van der Waals surface area contributed by atoms with Gasteiger partial charge in [-0.25, -0.2) is 9.78 Å². The van der Waals surface area contributed by atoms with Crippen LogP contribution in [0.5, 0.6) is 5.88 Å². The van der Waals surface area contributed by atoms with Crippen molar-refractivity contribution in [2.75, 3.05) is 6.61 Å². The van der Waals surface area contributed by atoms with Crippen LogP contribution in [0, 0.1) is 11.3 Å². The number of hydrogen-bond acceptors (Lipinski definition) is 6. The van der Waals surface area contributed by atoms with Gasteiger partial charge in [0.15, 0.2) is 5.41 Å². The summed E-state index contributed by atoms with van der Waals surface area (Å²) in [6, 6.07) is 1.93. The fraction of sp³-hybridized carbons (Fsp3) is 0.538. The average molecular weight is 263 g/mol. The second-order valence-electron chi connectivity index (χ2n) is 4.37. The highest BCUT2D eigenvalue weighted by atomic mass is 16.5. The molecule has 1 atom stereocenters. The molecule has 0 spiro atoms. The van der Waals surface area contributed by atoms with Gasteiger partial charge in [-0.3, -0.25) is 4.98 Å². The molecule has 0 fully saturated rings. The van der Waals surface area contributed by atoms with Crippen molar-refractivity contribution in [3.8, 4) is 11.9 Å². The molecule has 0 aliphatic carbocycles. The Balaban J connectivity index is 3.12. The fourth-order valence-electron chi connectivity index (χ4n) is 1.37. The van der Waals surface area contributed by atoms with Crippen molar-refractivity contribution in [1.82, 2.24) is 9.97 Å². The second-order valence-corrected chi connectivity index (χ2v) is 4.37. The van der Waals surface area contributed by atoms with Crippen molar-refractivity contribution >= 4 is 5.97 Å². The molecule has 0 N–H and O–H groups in total. The molecule has 1 rings (SSSR count). The third kappa shape index (κ3) is 3.41. The van der Waals surface area contributed by atoms with E-state index in [4.69, 9.17) is 9.47 Å². The zero-order valence-electron chi connectivity index (χ0n) is 11.5. The summed E-state index contributed by atoms with van der Waals surface area (Å²) >= 11 is 0. The quantitative estimate of drug-likeness (QED) is 0.750. The Morgan fingerprint density at radius 3 is 2.74 bits per heavy atom. The molecule has 1 aromatic heterocycles. The van der Waals surface area contributed by atoms with Gasteiger partial charge < -0.3 is 9.47 Å². The standard InChI is InChI=1S/C13H17N3O3/c1-5-18-12(17)13(4,8-14)10-6-15-7-11(16-10)19-9(2)3/h6-7,9H,5H2,1-4H3. The van der Waals surface area contributed by atoms with Crippen LogP contribution < -0.4 is 4.74 Å². The van der Waals surface area contributed by atoms with E-state index in [2.05, 4.69) is 9.97 Å². The first-order valence-electron chi connectivity index (χ1n) is 6.01. The predicted molar refractivity (Wildman–Crippen MR) is 67.4 cm³/mol. The molecular formula is C13H17N3O3. The molecule has 0 bridgehead atoms. The lowest BCUT2D eigenvalue weighted by atomic mass is 9.89. The average Bonchev–Trinajstić information content (AvgIpc) is 2.37. The number of nitrogens with zero attached hydrogens (tertiary/aromatic N) is 3. The van der Waals surface area contributed by atoms with E-state index in [9.17, 15) is 10.1 Å². The van der Waals surface area contributed by atoms with Gasteiger partial charge >= 0.3 is 5.97 Å². The Morgan fingerprint density at radius 2 is 2.21 bits per heavy atom. The first-order chi connectivity index (χ1) is 8.93. The molecule has 6 heteroatoms. The van der Waals surface area contributed by atoms with Crippen molar-refractivity contribution < 1.29 is 14.3 Å². The zero-order chi connectivity index (χ0) is 14.5. The highest BCUT2D eigenvalue weighted by Crippen LogP contribution is 2.24. The van der Waals surface area contributed by atoms with E-state index in [0.717, 1.165) is 0 Å². The highest BCUT2D eigenvalue weighted by Gasteiger charge is 2.39. The number of carbonyl (C=O) groups excluding carboxylic acids is 1. The summed E-state index contributed by atoms with van der Waals surface area (Å²) in [6.07, 6.45) is 2.74. The summed E-state index contributed by atoms with van der Waals surface area (Å²) < 4.78 is 10.3. The maximum absolute atomic E-state index is 11.9. The van der Waals surface area contributed by atoms with Gasteiger partial charge in [-0.05, 0) is 27.7 Å². The number of aromatic nitrogens is 2. The van der Waals surface area contributed by atoms with Crippen molar-refractivity contribution in [1.29, 1.82) is 5.26 Å². The maximum atomic E-state index is 11.9. The Kier molecular flexibility index (Phi) is 4.81. The molecular weight excluding hydrogens is 246 g/mol. The molecule has 102 valence electrons. The van der Waals surface area contributed by atoms with E-state index < -0.39 is 11.4 Å². The summed E-state index contributed by atoms with van der Waals surface area (Å²) in [7, 11) is 0. The van der Waals surface area contributed by atoms with E-state index >= 15 is 0 Å². The lowest BCUT2D eigenvalue weighted by Gasteiger charge is -2.19. The Morgan fingerprint density at radius 1 is 1.53 bits per heavy atom. The predicted octanol–water partition coefficient (Wildman–Crippen LogP) is 1.61. The van der Waals surface area contributed by atoms with E-state index in [1.807, 2.05) is 19.9 Å². The Bertz CT molecular complexity index is 496. The number of ether oxygens (including phenoxy) is 2. The van der Waals surface area contributed by atoms with Crippen molar-refractivity contribution in [2.24, 2.45) is 0 Å². The minimum absolute atomic E-state index is 0.0690. The first kappa shape index (κ1) is 14.9. The van der Waals surface area contributed by atoms with Gasteiger partial charge in [-0.15, -0.1) is 0 Å². The smallest absolute Gasteiger partial charge is 0.332 e. The maximum Gasteiger partial charge on any atom is 0.332 e. The molecule has 6 nitrogen and oxygen atoms in total. The Hall–Kier alpha value is -2.16. The molecule has 0 amide bonds. The summed E-state index contributed by atoms with van der Waals surface area (Å²) in [5, 5.41) is 9.25. The highest BCUT2D eigenvalue weighted by molar-refractivity contribution is 5.85. The number of carbonyl (C=O) groups is 1. The van der Waals surface area contributed by atoms with Crippen molar-refractivity contribution in [2.45, 2.75) is 39.2 Å². The van der Waals surface area contributed by atoms with E-state index in [0.29, 0.717) is 0 Å². The number of esters is 1. The number of rotatable bonds is 5. The molecule has 0 aromatic carbocycles. The number of nitriles is 1. The van der Waals surface area contributed by atoms with Gasteiger partial charge in [0.25, 0.3) is 0 Å². The van der Waals surface area contributed by atoms with E-state index in [-0.39, 0.29) is 24.3 Å². The van der Waals surface area contributed by atoms with Crippen LogP contribution in [0.25, 0.3) is 0 Å². The van der Waals surface area contributed by atoms with E-state index in [1.54, 1.807) is 6.92 Å². The fourth-order valence-corrected chi connectivity index (χ4v) is 1.37. The minimum Gasteiger partial charge on any atom is -0.474 e. The zero-order valence-corrected chi connectivity index (χ0v) is 11.5. The van der Waals surface area contributed by atoms with Crippen molar-refractivity contribution in [3.63, 3.8) is 0 Å². The van der Waals surface area contributed by atoms with Gasteiger partial charge in [0.2, 0.25) is 5.88 Å². The number of hydrogen-bond donors (Lipinski definition) is 0. The van der Waals surface area contributed by atoms with Crippen molar-refractivity contribution in [3.05, 3.63) is 18.1 Å². The molecule has 0 saturated heterocycles. The third-order valence-corrected chi connectivity index (χ3v) is 2.39. The largest absolute Gasteiger partial charge is 0.474 e. The van der Waals surface area contributed by atoms with Gasteiger partial charge in [-0.2, -0.15) is 5.26 Å². The molecule has 0 aliphatic heterocycles. The molecule has 19 heavy (non-hydrogen) atoms. The normalized spacial score (nSPS) is 13.5. The van der Waals surface area contributed by atoms with E-state index in [1.165, 1.54) is 19.3 Å². The summed E-state index contributed by atoms with van der Waals surface area (Å²) in [6.45, 7) is 7.03. The van der Waals surface area contributed by atoms with Gasteiger partial charge in [0, 0.05) is 0 Å². The SMILES string of the molecule is CCOC(=O)C(C)(C#N)c1cncc(OC(C)C)n1. The second kappa shape index (κ2) is 6.14. The van der Waals surface area contributed by atoms with Gasteiger partial charge in [0.1, 0.15) is 0 Å². The lowest BCUT2D eigenvalue weighted by Crippen LogP contribution is -2.34. The van der Waals surface area contributed by atoms with Crippen LogP contribution in [0.1, 0.15) is 33.4 Å². The topological polar surface area (TPSA) is 85.1 Å². The minimum atomic E-state index is -1.49. The monoisotopic (exact) mass is 263 g/mol. The van der Waals surface area contributed by atoms with Crippen LogP contribution in [0.2, 0.25) is 0 Å². The van der Waals surface area contributed by atoms with Gasteiger partial charge in [-0.1, -0.05) is 0 Å². The summed E-state index contributed by atoms with van der Waals surface area (Å²) in [5.74, 6) is -0.369.